The molecule has 0 radical (unpaired) electrons. The van der Waals surface area contributed by atoms with Crippen LogP contribution in [0.4, 0.5) is 0 Å². The van der Waals surface area contributed by atoms with Crippen LogP contribution in [0.2, 0.25) is 5.02 Å². The van der Waals surface area contributed by atoms with Crippen LogP contribution in [-0.2, 0) is 0 Å². The molecule has 0 spiro atoms. The molecule has 3 unspecified atom stereocenters. The van der Waals surface area contributed by atoms with E-state index < -0.39 is 24.2 Å². The fourth-order valence-electron chi connectivity index (χ4n) is 3.90. The summed E-state index contributed by atoms with van der Waals surface area (Å²) in [6.07, 6.45) is 0.855. The van der Waals surface area contributed by atoms with Gasteiger partial charge in [0.15, 0.2) is 0 Å². The van der Waals surface area contributed by atoms with E-state index in [1.165, 1.54) is 6.33 Å². The number of hydrogen-bond donors (Lipinski definition) is 3. The predicted octanol–water partition coefficient (Wildman–Crippen LogP) is 2.41. The van der Waals surface area contributed by atoms with Crippen molar-refractivity contribution >= 4 is 22.6 Å². The Labute approximate surface area is 155 Å². The van der Waals surface area contributed by atoms with Crippen molar-refractivity contribution in [2.75, 3.05) is 0 Å². The van der Waals surface area contributed by atoms with Crippen molar-refractivity contribution < 1.29 is 15.3 Å². The van der Waals surface area contributed by atoms with Gasteiger partial charge in [0.25, 0.3) is 0 Å². The van der Waals surface area contributed by atoms with Gasteiger partial charge in [-0.2, -0.15) is 0 Å². The molecule has 1 saturated carbocycles. The summed E-state index contributed by atoms with van der Waals surface area (Å²) < 4.78 is 1.87. The summed E-state index contributed by atoms with van der Waals surface area (Å²) >= 11 is 5.90. The lowest BCUT2D eigenvalue weighted by Crippen LogP contribution is -2.31. The number of fused-ring (bicyclic) bond motifs is 1. The highest BCUT2D eigenvalue weighted by atomic mass is 35.5. The smallest absolute Gasteiger partial charge is 0.143 e. The third kappa shape index (κ3) is 2.79. The number of halogens is 1. The number of nitrogens with zero attached hydrogens (tertiary/aromatic N) is 3. The van der Waals surface area contributed by atoms with Gasteiger partial charge in [-0.15, -0.1) is 0 Å². The first-order valence-electron chi connectivity index (χ1n) is 8.55. The third-order valence-electron chi connectivity index (χ3n) is 5.38. The van der Waals surface area contributed by atoms with E-state index in [1.807, 2.05) is 23.8 Å². The summed E-state index contributed by atoms with van der Waals surface area (Å²) in [7, 11) is 0. The molecule has 136 valence electrons. The Morgan fingerprint density at radius 3 is 2.58 bits per heavy atom. The average Bonchev–Trinajstić information content (AvgIpc) is 3.18. The van der Waals surface area contributed by atoms with E-state index in [0.29, 0.717) is 17.0 Å². The Bertz CT molecular complexity index is 927. The SMILES string of the molecule is Cc1ncnc2c1ccn2C1CC(C(O)c2ccc(Cl)cc2)[C@@H](O)[C@H]1O. The highest BCUT2D eigenvalue weighted by Crippen LogP contribution is 2.43. The lowest BCUT2D eigenvalue weighted by molar-refractivity contribution is -0.0264. The molecule has 1 aliphatic carbocycles. The van der Waals surface area contributed by atoms with E-state index >= 15 is 0 Å². The van der Waals surface area contributed by atoms with Crippen molar-refractivity contribution in [3.05, 3.63) is 59.1 Å². The first-order valence-corrected chi connectivity index (χ1v) is 8.93. The minimum Gasteiger partial charge on any atom is -0.390 e. The second-order valence-corrected chi connectivity index (χ2v) is 7.30. The Hall–Kier alpha value is -1.99. The molecule has 2 aromatic heterocycles. The van der Waals surface area contributed by atoms with Gasteiger partial charge in [0, 0.05) is 22.5 Å². The first-order chi connectivity index (χ1) is 12.5. The molecule has 0 aliphatic heterocycles. The van der Waals surface area contributed by atoms with Crippen LogP contribution in [0.5, 0.6) is 0 Å². The predicted molar refractivity (Wildman–Crippen MR) is 97.8 cm³/mol. The molecule has 3 N–H and O–H groups in total. The van der Waals surface area contributed by atoms with Gasteiger partial charge >= 0.3 is 0 Å². The Morgan fingerprint density at radius 1 is 1.12 bits per heavy atom. The van der Waals surface area contributed by atoms with Gasteiger partial charge in [-0.1, -0.05) is 23.7 Å². The summed E-state index contributed by atoms with van der Waals surface area (Å²) in [4.78, 5) is 8.51. The van der Waals surface area contributed by atoms with Crippen LogP contribution in [0.25, 0.3) is 11.0 Å². The number of aliphatic hydroxyl groups excluding tert-OH is 3. The number of aliphatic hydroxyl groups is 3. The van der Waals surface area contributed by atoms with Crippen molar-refractivity contribution in [3.63, 3.8) is 0 Å². The zero-order chi connectivity index (χ0) is 18.4. The van der Waals surface area contributed by atoms with E-state index in [0.717, 1.165) is 16.7 Å². The highest BCUT2D eigenvalue weighted by Gasteiger charge is 2.46. The maximum Gasteiger partial charge on any atom is 0.143 e. The monoisotopic (exact) mass is 373 g/mol. The fraction of sp³-hybridized carbons (Fsp3) is 0.368. The van der Waals surface area contributed by atoms with E-state index in [1.54, 1.807) is 24.3 Å². The Morgan fingerprint density at radius 2 is 1.85 bits per heavy atom. The topological polar surface area (TPSA) is 91.4 Å². The van der Waals surface area contributed by atoms with Crippen LogP contribution in [0.3, 0.4) is 0 Å². The maximum absolute atomic E-state index is 10.7. The van der Waals surface area contributed by atoms with Crippen molar-refractivity contribution in [1.82, 2.24) is 14.5 Å². The molecule has 3 aromatic rings. The molecule has 5 atom stereocenters. The second kappa shape index (κ2) is 6.63. The molecule has 0 saturated heterocycles. The second-order valence-electron chi connectivity index (χ2n) is 6.86. The number of aromatic nitrogens is 3. The zero-order valence-corrected chi connectivity index (χ0v) is 15.0. The largest absolute Gasteiger partial charge is 0.390 e. The van der Waals surface area contributed by atoms with Crippen LogP contribution < -0.4 is 0 Å². The van der Waals surface area contributed by atoms with Crippen LogP contribution in [0.1, 0.15) is 29.8 Å². The normalized spacial score (nSPS) is 27.1. The standard InChI is InChI=1S/C19H20ClN3O3/c1-10-13-6-7-23(19(13)22-9-21-10)15-8-14(17(25)18(15)26)16(24)11-2-4-12(20)5-3-11/h2-7,9,14-18,24-26H,8H2,1H3/t14?,15?,16?,17-,18+/m1/s1. The number of rotatable bonds is 3. The molecule has 0 amide bonds. The van der Waals surface area contributed by atoms with Gasteiger partial charge in [-0.05, 0) is 37.1 Å². The van der Waals surface area contributed by atoms with Gasteiger partial charge in [-0.3, -0.25) is 0 Å². The van der Waals surface area contributed by atoms with Crippen LogP contribution in [0, 0.1) is 12.8 Å². The average molecular weight is 374 g/mol. The maximum atomic E-state index is 10.7. The van der Waals surface area contributed by atoms with Crippen molar-refractivity contribution in [1.29, 1.82) is 0 Å². The molecule has 6 nitrogen and oxygen atoms in total. The number of aryl methyl sites for hydroxylation is 1. The molecule has 26 heavy (non-hydrogen) atoms. The lowest BCUT2D eigenvalue weighted by atomic mass is 9.92. The highest BCUT2D eigenvalue weighted by molar-refractivity contribution is 6.30. The molecule has 1 fully saturated rings. The minimum absolute atomic E-state index is 0.372. The number of benzene rings is 1. The van der Waals surface area contributed by atoms with E-state index in [2.05, 4.69) is 9.97 Å². The van der Waals surface area contributed by atoms with Crippen LogP contribution in [-0.4, -0.2) is 42.1 Å². The van der Waals surface area contributed by atoms with Gasteiger partial charge in [-0.25, -0.2) is 9.97 Å². The van der Waals surface area contributed by atoms with Gasteiger partial charge in [0.2, 0.25) is 0 Å². The molecule has 1 aliphatic rings. The van der Waals surface area contributed by atoms with Crippen molar-refractivity contribution in [2.24, 2.45) is 5.92 Å². The minimum atomic E-state index is -1.04. The van der Waals surface area contributed by atoms with E-state index in [4.69, 9.17) is 11.6 Å². The first kappa shape index (κ1) is 17.4. The molecule has 0 bridgehead atoms. The molecular formula is C19H20ClN3O3. The van der Waals surface area contributed by atoms with E-state index in [9.17, 15) is 15.3 Å². The molecule has 4 rings (SSSR count). The van der Waals surface area contributed by atoms with Gasteiger partial charge < -0.3 is 19.9 Å². The number of hydrogen-bond acceptors (Lipinski definition) is 5. The summed E-state index contributed by atoms with van der Waals surface area (Å²) in [5, 5.41) is 33.4. The molecule has 2 heterocycles. The lowest BCUT2D eigenvalue weighted by Gasteiger charge is -2.22. The van der Waals surface area contributed by atoms with Crippen molar-refractivity contribution in [3.8, 4) is 0 Å². The fourth-order valence-corrected chi connectivity index (χ4v) is 4.03. The van der Waals surface area contributed by atoms with Crippen LogP contribution >= 0.6 is 11.6 Å². The van der Waals surface area contributed by atoms with E-state index in [-0.39, 0.29) is 6.04 Å². The van der Waals surface area contributed by atoms with Gasteiger partial charge in [0.1, 0.15) is 18.1 Å². The molecule has 7 heteroatoms. The Kier molecular flexibility index (Phi) is 4.44. The summed E-state index contributed by atoms with van der Waals surface area (Å²) in [6.45, 7) is 1.90. The third-order valence-corrected chi connectivity index (χ3v) is 5.63. The van der Waals surface area contributed by atoms with Gasteiger partial charge in [0.05, 0.1) is 23.9 Å². The van der Waals surface area contributed by atoms with Crippen LogP contribution in [0.15, 0.2) is 42.9 Å². The van der Waals surface area contributed by atoms with Crippen molar-refractivity contribution in [2.45, 2.75) is 37.7 Å². The quantitative estimate of drug-likeness (QED) is 0.655. The molecular weight excluding hydrogens is 354 g/mol. The summed E-state index contributed by atoms with van der Waals surface area (Å²) in [5.41, 5.74) is 2.25. The Balaban J connectivity index is 1.65. The summed E-state index contributed by atoms with van der Waals surface area (Å²) in [5.74, 6) is -0.489. The zero-order valence-electron chi connectivity index (χ0n) is 14.2. The molecule has 1 aromatic carbocycles. The summed E-state index contributed by atoms with van der Waals surface area (Å²) in [6, 6.07) is 8.42.